The Labute approximate surface area is 136 Å². The van der Waals surface area contributed by atoms with Crippen molar-refractivity contribution in [2.24, 2.45) is 0 Å². The average Bonchev–Trinajstić information content (AvgIpc) is 2.58. The van der Waals surface area contributed by atoms with E-state index in [1.807, 2.05) is 67.7 Å². The van der Waals surface area contributed by atoms with Gasteiger partial charge in [0.15, 0.2) is 0 Å². The number of fused-ring (bicyclic) bond motifs is 1. The molecular weight excluding hydrogens is 286 g/mol. The molecule has 1 heterocycles. The van der Waals surface area contributed by atoms with Crippen LogP contribution in [0.3, 0.4) is 0 Å². The Morgan fingerprint density at radius 1 is 0.957 bits per heavy atom. The predicted octanol–water partition coefficient (Wildman–Crippen LogP) is 4.17. The molecule has 0 aliphatic heterocycles. The van der Waals surface area contributed by atoms with E-state index >= 15 is 0 Å². The van der Waals surface area contributed by atoms with Gasteiger partial charge in [-0.3, -0.25) is 4.79 Å². The molecule has 3 aromatic rings. The molecule has 3 nitrogen and oxygen atoms in total. The van der Waals surface area contributed by atoms with Crippen molar-refractivity contribution in [1.29, 1.82) is 0 Å². The first-order chi connectivity index (χ1) is 11.3. The minimum atomic E-state index is 0.0860. The summed E-state index contributed by atoms with van der Waals surface area (Å²) >= 11 is 0. The number of hydrogen-bond acceptors (Lipinski definition) is 2. The smallest absolute Gasteiger partial charge is 0.258 e. The highest BCUT2D eigenvalue weighted by Crippen LogP contribution is 2.16. The van der Waals surface area contributed by atoms with Gasteiger partial charge in [-0.1, -0.05) is 36.4 Å². The van der Waals surface area contributed by atoms with Crippen LogP contribution in [0.5, 0.6) is 5.75 Å². The van der Waals surface area contributed by atoms with E-state index in [9.17, 15) is 4.79 Å². The molecule has 0 saturated carbocycles. The Hall–Kier alpha value is -2.55. The van der Waals surface area contributed by atoms with Crippen LogP contribution in [0, 0.1) is 6.92 Å². The molecule has 0 atom stereocenters. The fourth-order valence-corrected chi connectivity index (χ4v) is 2.69. The lowest BCUT2D eigenvalue weighted by Gasteiger charge is -2.10. The number of rotatable bonds is 6. The third-order valence-electron chi connectivity index (χ3n) is 4.03. The number of para-hydroxylation sites is 1. The number of aryl methyl sites for hydroxylation is 2. The summed E-state index contributed by atoms with van der Waals surface area (Å²) in [5.74, 6) is 0.940. The molecular formula is C20H21NO2. The van der Waals surface area contributed by atoms with Crippen LogP contribution < -0.4 is 10.3 Å². The van der Waals surface area contributed by atoms with Crippen LogP contribution >= 0.6 is 0 Å². The number of pyridine rings is 1. The van der Waals surface area contributed by atoms with Gasteiger partial charge in [-0.15, -0.1) is 0 Å². The first kappa shape index (κ1) is 15.3. The molecule has 0 fully saturated rings. The van der Waals surface area contributed by atoms with E-state index in [-0.39, 0.29) is 5.56 Å². The largest absolute Gasteiger partial charge is 0.493 e. The molecule has 0 bridgehead atoms. The van der Waals surface area contributed by atoms with Crippen LogP contribution in [-0.4, -0.2) is 11.2 Å². The molecule has 0 aliphatic carbocycles. The molecule has 0 radical (unpaired) electrons. The molecule has 0 N–H and O–H groups in total. The Kier molecular flexibility index (Phi) is 4.77. The lowest BCUT2D eigenvalue weighted by atomic mass is 10.2. The van der Waals surface area contributed by atoms with Crippen molar-refractivity contribution in [2.75, 3.05) is 6.61 Å². The Morgan fingerprint density at radius 3 is 2.61 bits per heavy atom. The molecule has 0 amide bonds. The van der Waals surface area contributed by atoms with Gasteiger partial charge in [-0.2, -0.15) is 0 Å². The van der Waals surface area contributed by atoms with Gasteiger partial charge in [0.05, 0.1) is 6.61 Å². The summed E-state index contributed by atoms with van der Waals surface area (Å²) in [6.07, 6.45) is 3.73. The maximum absolute atomic E-state index is 12.4. The SMILES string of the molecule is Cc1ccccc1OCCCCn1ccc2ccccc2c1=O. The molecule has 23 heavy (non-hydrogen) atoms. The first-order valence-electron chi connectivity index (χ1n) is 8.02. The maximum atomic E-state index is 12.4. The van der Waals surface area contributed by atoms with E-state index < -0.39 is 0 Å². The molecule has 2 aromatic carbocycles. The Morgan fingerprint density at radius 2 is 1.74 bits per heavy atom. The van der Waals surface area contributed by atoms with Crippen molar-refractivity contribution in [3.63, 3.8) is 0 Å². The monoisotopic (exact) mass is 307 g/mol. The molecule has 0 aliphatic rings. The fraction of sp³-hybridized carbons (Fsp3) is 0.250. The quantitative estimate of drug-likeness (QED) is 0.640. The van der Waals surface area contributed by atoms with Crippen molar-refractivity contribution < 1.29 is 4.74 Å². The van der Waals surface area contributed by atoms with Gasteiger partial charge in [0, 0.05) is 18.1 Å². The molecule has 118 valence electrons. The maximum Gasteiger partial charge on any atom is 0.258 e. The minimum absolute atomic E-state index is 0.0860. The molecule has 0 unspecified atom stereocenters. The van der Waals surface area contributed by atoms with E-state index in [1.165, 1.54) is 0 Å². The Bertz CT molecular complexity index is 851. The second-order valence-corrected chi connectivity index (χ2v) is 5.72. The molecule has 3 rings (SSSR count). The highest BCUT2D eigenvalue weighted by molar-refractivity contribution is 5.81. The van der Waals surface area contributed by atoms with Crippen molar-refractivity contribution in [3.05, 3.63) is 76.7 Å². The van der Waals surface area contributed by atoms with Gasteiger partial charge in [0.2, 0.25) is 0 Å². The highest BCUT2D eigenvalue weighted by atomic mass is 16.5. The second kappa shape index (κ2) is 7.14. The van der Waals surface area contributed by atoms with Crippen molar-refractivity contribution in [2.45, 2.75) is 26.3 Å². The van der Waals surface area contributed by atoms with Gasteiger partial charge in [-0.25, -0.2) is 0 Å². The van der Waals surface area contributed by atoms with Crippen LogP contribution in [0.15, 0.2) is 65.6 Å². The van der Waals surface area contributed by atoms with E-state index in [4.69, 9.17) is 4.74 Å². The Balaban J connectivity index is 1.54. The zero-order valence-electron chi connectivity index (χ0n) is 13.4. The van der Waals surface area contributed by atoms with Crippen LogP contribution in [0.25, 0.3) is 10.8 Å². The zero-order valence-corrected chi connectivity index (χ0v) is 13.4. The fourth-order valence-electron chi connectivity index (χ4n) is 2.69. The molecule has 0 spiro atoms. The molecule has 0 saturated heterocycles. The van der Waals surface area contributed by atoms with Crippen LogP contribution in [0.1, 0.15) is 18.4 Å². The number of hydrogen-bond donors (Lipinski definition) is 0. The van der Waals surface area contributed by atoms with Gasteiger partial charge in [0.25, 0.3) is 5.56 Å². The third kappa shape index (κ3) is 3.62. The number of nitrogens with zero attached hydrogens (tertiary/aromatic N) is 1. The van der Waals surface area contributed by atoms with E-state index in [2.05, 4.69) is 0 Å². The third-order valence-corrected chi connectivity index (χ3v) is 4.03. The van der Waals surface area contributed by atoms with E-state index in [0.29, 0.717) is 6.61 Å². The van der Waals surface area contributed by atoms with Crippen LogP contribution in [0.4, 0.5) is 0 Å². The number of aromatic nitrogens is 1. The van der Waals surface area contributed by atoms with Crippen molar-refractivity contribution in [3.8, 4) is 5.75 Å². The topological polar surface area (TPSA) is 31.2 Å². The lowest BCUT2D eigenvalue weighted by molar-refractivity contribution is 0.301. The van der Waals surface area contributed by atoms with Crippen molar-refractivity contribution in [1.82, 2.24) is 4.57 Å². The molecule has 3 heteroatoms. The van der Waals surface area contributed by atoms with E-state index in [0.717, 1.165) is 41.5 Å². The average molecular weight is 307 g/mol. The van der Waals surface area contributed by atoms with Gasteiger partial charge >= 0.3 is 0 Å². The van der Waals surface area contributed by atoms with Crippen LogP contribution in [0.2, 0.25) is 0 Å². The summed E-state index contributed by atoms with van der Waals surface area (Å²) in [6.45, 7) is 3.44. The van der Waals surface area contributed by atoms with Crippen molar-refractivity contribution >= 4 is 10.8 Å². The number of unbranched alkanes of at least 4 members (excludes halogenated alkanes) is 1. The van der Waals surface area contributed by atoms with Gasteiger partial charge < -0.3 is 9.30 Å². The summed E-state index contributed by atoms with van der Waals surface area (Å²) in [6, 6.07) is 17.7. The van der Waals surface area contributed by atoms with Crippen LogP contribution in [-0.2, 0) is 6.54 Å². The zero-order chi connectivity index (χ0) is 16.1. The number of ether oxygens (including phenoxy) is 1. The molecule has 1 aromatic heterocycles. The summed E-state index contributed by atoms with van der Waals surface area (Å²) in [5, 5.41) is 1.78. The second-order valence-electron chi connectivity index (χ2n) is 5.72. The predicted molar refractivity (Wildman–Crippen MR) is 94.1 cm³/mol. The summed E-state index contributed by atoms with van der Waals surface area (Å²) in [7, 11) is 0. The number of benzene rings is 2. The summed E-state index contributed by atoms with van der Waals surface area (Å²) in [5.41, 5.74) is 1.24. The lowest BCUT2D eigenvalue weighted by Crippen LogP contribution is -2.19. The van der Waals surface area contributed by atoms with Gasteiger partial charge in [0.1, 0.15) is 5.75 Å². The highest BCUT2D eigenvalue weighted by Gasteiger charge is 2.02. The minimum Gasteiger partial charge on any atom is -0.493 e. The normalized spacial score (nSPS) is 10.8. The standard InChI is InChI=1S/C20H21NO2/c1-16-8-2-5-11-19(16)23-15-7-6-13-21-14-12-17-9-3-4-10-18(17)20(21)22/h2-5,8-12,14H,6-7,13,15H2,1H3. The summed E-state index contributed by atoms with van der Waals surface area (Å²) in [4.78, 5) is 12.4. The van der Waals surface area contributed by atoms with E-state index in [1.54, 1.807) is 4.57 Å². The first-order valence-corrected chi connectivity index (χ1v) is 8.02. The van der Waals surface area contributed by atoms with Gasteiger partial charge in [-0.05, 0) is 48.9 Å². The summed E-state index contributed by atoms with van der Waals surface area (Å²) < 4.78 is 7.58.